The molecule has 1 nitrogen and oxygen atoms in total. The molecule has 0 aromatic carbocycles. The van der Waals surface area contributed by atoms with Gasteiger partial charge in [0.2, 0.25) is 0 Å². The summed E-state index contributed by atoms with van der Waals surface area (Å²) < 4.78 is 0. The molecule has 0 radical (unpaired) electrons. The molecular weight excluding hydrogens is 120 g/mol. The van der Waals surface area contributed by atoms with Crippen molar-refractivity contribution in [1.82, 2.24) is 0 Å². The third-order valence-electron chi connectivity index (χ3n) is 1.47. The van der Waals surface area contributed by atoms with Crippen LogP contribution in [-0.2, 0) is 0 Å². The van der Waals surface area contributed by atoms with Crippen LogP contribution in [0.3, 0.4) is 0 Å². The predicted molar refractivity (Wildman–Crippen MR) is 37.1 cm³/mol. The Hall–Kier alpha value is 0.310. The maximum Gasteiger partial charge on any atom is 0.0470 e. The molecule has 1 fully saturated rings. The van der Waals surface area contributed by atoms with Gasteiger partial charge in [0.05, 0.1) is 0 Å². The van der Waals surface area contributed by atoms with Crippen molar-refractivity contribution in [1.29, 1.82) is 0 Å². The zero-order chi connectivity index (χ0) is 5.98. The van der Waals surface area contributed by atoms with E-state index in [-0.39, 0.29) is 0 Å². The van der Waals surface area contributed by atoms with Crippen LogP contribution in [0, 0.1) is 5.92 Å². The van der Waals surface area contributed by atoms with Crippen LogP contribution < -0.4 is 0 Å². The fourth-order valence-electron chi connectivity index (χ4n) is 0.830. The molecule has 8 heavy (non-hydrogen) atoms. The molecule has 2 unspecified atom stereocenters. The molecule has 0 aromatic heterocycles. The summed E-state index contributed by atoms with van der Waals surface area (Å²) in [4.78, 5) is 0. The SMILES string of the molecule is CCSC1CC1CO. The maximum atomic E-state index is 8.59. The van der Waals surface area contributed by atoms with Gasteiger partial charge in [-0.2, -0.15) is 11.8 Å². The molecule has 0 saturated heterocycles. The van der Waals surface area contributed by atoms with E-state index in [2.05, 4.69) is 6.92 Å². The summed E-state index contributed by atoms with van der Waals surface area (Å²) in [5, 5.41) is 9.39. The van der Waals surface area contributed by atoms with Crippen molar-refractivity contribution in [2.45, 2.75) is 18.6 Å². The van der Waals surface area contributed by atoms with Gasteiger partial charge >= 0.3 is 0 Å². The van der Waals surface area contributed by atoms with Gasteiger partial charge in [0.1, 0.15) is 0 Å². The highest BCUT2D eigenvalue weighted by molar-refractivity contribution is 8.00. The number of thioether (sulfide) groups is 1. The normalized spacial score (nSPS) is 35.2. The average molecular weight is 132 g/mol. The van der Waals surface area contributed by atoms with Gasteiger partial charge in [-0.1, -0.05) is 6.92 Å². The van der Waals surface area contributed by atoms with Gasteiger partial charge in [0, 0.05) is 11.9 Å². The quantitative estimate of drug-likeness (QED) is 0.621. The van der Waals surface area contributed by atoms with E-state index in [1.165, 1.54) is 12.2 Å². The first kappa shape index (κ1) is 6.43. The fourth-order valence-corrected chi connectivity index (χ4v) is 2.00. The second kappa shape index (κ2) is 2.74. The molecule has 0 spiro atoms. The number of aliphatic hydroxyl groups excluding tert-OH is 1. The Morgan fingerprint density at radius 3 is 2.88 bits per heavy atom. The molecular formula is C6H12OS. The van der Waals surface area contributed by atoms with Crippen molar-refractivity contribution in [3.63, 3.8) is 0 Å². The lowest BCUT2D eigenvalue weighted by atomic mass is 10.5. The highest BCUT2D eigenvalue weighted by Crippen LogP contribution is 2.40. The lowest BCUT2D eigenvalue weighted by Crippen LogP contribution is -1.88. The van der Waals surface area contributed by atoms with Crippen LogP contribution in [-0.4, -0.2) is 22.7 Å². The van der Waals surface area contributed by atoms with Gasteiger partial charge in [-0.05, 0) is 18.1 Å². The number of rotatable bonds is 3. The van der Waals surface area contributed by atoms with Crippen LogP contribution in [0.4, 0.5) is 0 Å². The minimum Gasteiger partial charge on any atom is -0.396 e. The highest BCUT2D eigenvalue weighted by atomic mass is 32.2. The van der Waals surface area contributed by atoms with Crippen LogP contribution in [0.2, 0.25) is 0 Å². The van der Waals surface area contributed by atoms with Crippen LogP contribution in [0.25, 0.3) is 0 Å². The second-order valence-corrected chi connectivity index (χ2v) is 3.69. The standard InChI is InChI=1S/C6H12OS/c1-2-8-6-3-5(6)4-7/h5-7H,2-4H2,1H3. The topological polar surface area (TPSA) is 20.2 Å². The molecule has 2 heteroatoms. The Morgan fingerprint density at radius 2 is 2.50 bits per heavy atom. The van der Waals surface area contributed by atoms with Gasteiger partial charge in [-0.25, -0.2) is 0 Å². The monoisotopic (exact) mass is 132 g/mol. The molecule has 0 amide bonds. The van der Waals surface area contributed by atoms with Crippen molar-refractivity contribution in [3.8, 4) is 0 Å². The van der Waals surface area contributed by atoms with Gasteiger partial charge < -0.3 is 5.11 Å². The Morgan fingerprint density at radius 1 is 1.75 bits per heavy atom. The smallest absolute Gasteiger partial charge is 0.0470 e. The first-order valence-electron chi connectivity index (χ1n) is 3.11. The Labute approximate surface area is 54.5 Å². The average Bonchev–Trinajstić information content (AvgIpc) is 2.48. The van der Waals surface area contributed by atoms with Crippen LogP contribution in [0.15, 0.2) is 0 Å². The van der Waals surface area contributed by atoms with Crippen molar-refractivity contribution < 1.29 is 5.11 Å². The third kappa shape index (κ3) is 1.39. The van der Waals surface area contributed by atoms with Gasteiger partial charge in [0.15, 0.2) is 0 Å². The van der Waals surface area contributed by atoms with Crippen LogP contribution in [0.5, 0.6) is 0 Å². The molecule has 0 aromatic rings. The maximum absolute atomic E-state index is 8.59. The van der Waals surface area contributed by atoms with E-state index in [1.807, 2.05) is 11.8 Å². The van der Waals surface area contributed by atoms with E-state index in [0.29, 0.717) is 12.5 Å². The summed E-state index contributed by atoms with van der Waals surface area (Å²) in [5.41, 5.74) is 0. The summed E-state index contributed by atoms with van der Waals surface area (Å²) in [7, 11) is 0. The summed E-state index contributed by atoms with van der Waals surface area (Å²) in [6.45, 7) is 2.56. The molecule has 48 valence electrons. The van der Waals surface area contributed by atoms with E-state index >= 15 is 0 Å². The highest BCUT2D eigenvalue weighted by Gasteiger charge is 2.35. The van der Waals surface area contributed by atoms with E-state index < -0.39 is 0 Å². The second-order valence-electron chi connectivity index (χ2n) is 2.17. The molecule has 0 heterocycles. The summed E-state index contributed by atoms with van der Waals surface area (Å²) >= 11 is 1.97. The Kier molecular flexibility index (Phi) is 2.20. The van der Waals surface area contributed by atoms with Crippen molar-refractivity contribution in [3.05, 3.63) is 0 Å². The third-order valence-corrected chi connectivity index (χ3v) is 2.81. The Bertz CT molecular complexity index is 74.9. The zero-order valence-corrected chi connectivity index (χ0v) is 5.95. The number of hydrogen-bond donors (Lipinski definition) is 1. The minimum atomic E-state index is 0.400. The zero-order valence-electron chi connectivity index (χ0n) is 5.13. The first-order valence-corrected chi connectivity index (χ1v) is 4.15. The fraction of sp³-hybridized carbons (Fsp3) is 1.00. The van der Waals surface area contributed by atoms with Gasteiger partial charge in [0.25, 0.3) is 0 Å². The largest absolute Gasteiger partial charge is 0.396 e. The first-order chi connectivity index (χ1) is 3.88. The Balaban J connectivity index is 1.99. The molecule has 1 aliphatic carbocycles. The van der Waals surface area contributed by atoms with E-state index in [4.69, 9.17) is 5.11 Å². The summed E-state index contributed by atoms with van der Waals surface area (Å²) in [6.07, 6.45) is 1.25. The summed E-state index contributed by atoms with van der Waals surface area (Å²) in [5.74, 6) is 1.83. The molecule has 2 atom stereocenters. The molecule has 1 rings (SSSR count). The van der Waals surface area contributed by atoms with Crippen molar-refractivity contribution >= 4 is 11.8 Å². The molecule has 1 aliphatic rings. The minimum absolute atomic E-state index is 0.400. The summed E-state index contributed by atoms with van der Waals surface area (Å²) in [6, 6.07) is 0. The number of aliphatic hydroxyl groups is 1. The van der Waals surface area contributed by atoms with E-state index in [9.17, 15) is 0 Å². The lowest BCUT2D eigenvalue weighted by Gasteiger charge is -1.90. The van der Waals surface area contributed by atoms with E-state index in [1.54, 1.807) is 0 Å². The van der Waals surface area contributed by atoms with Gasteiger partial charge in [-0.3, -0.25) is 0 Å². The van der Waals surface area contributed by atoms with E-state index in [0.717, 1.165) is 5.25 Å². The predicted octanol–water partition coefficient (Wildman–Crippen LogP) is 1.12. The van der Waals surface area contributed by atoms with Gasteiger partial charge in [-0.15, -0.1) is 0 Å². The lowest BCUT2D eigenvalue weighted by molar-refractivity contribution is 0.277. The van der Waals surface area contributed by atoms with Crippen molar-refractivity contribution in [2.24, 2.45) is 5.92 Å². The molecule has 1 N–H and O–H groups in total. The molecule has 0 bridgehead atoms. The molecule has 0 aliphatic heterocycles. The number of hydrogen-bond acceptors (Lipinski definition) is 2. The van der Waals surface area contributed by atoms with Crippen LogP contribution >= 0.6 is 11.8 Å². The van der Waals surface area contributed by atoms with Crippen LogP contribution in [0.1, 0.15) is 13.3 Å². The van der Waals surface area contributed by atoms with Crippen molar-refractivity contribution in [2.75, 3.05) is 12.4 Å². The molecule has 1 saturated carbocycles.